The SMILES string of the molecule is C=S(C)[S+](CC)CC. The van der Waals surface area contributed by atoms with Crippen molar-refractivity contribution in [1.29, 1.82) is 0 Å². The van der Waals surface area contributed by atoms with Crippen LogP contribution in [-0.4, -0.2) is 23.6 Å². The molecule has 0 bridgehead atoms. The zero-order valence-corrected chi connectivity index (χ0v) is 7.57. The smallest absolute Gasteiger partial charge is 0.0275 e. The Morgan fingerprint density at radius 2 is 1.75 bits per heavy atom. The topological polar surface area (TPSA) is 0 Å². The molecule has 0 N–H and O–H groups in total. The summed E-state index contributed by atoms with van der Waals surface area (Å²) in [5.74, 6) is 6.66. The molecule has 0 aromatic heterocycles. The Balaban J connectivity index is 3.52. The molecule has 0 radical (unpaired) electrons. The van der Waals surface area contributed by atoms with Crippen LogP contribution in [0.2, 0.25) is 0 Å². The third-order valence-corrected chi connectivity index (χ3v) is 6.97. The van der Waals surface area contributed by atoms with Gasteiger partial charge in [0, 0.05) is 25.7 Å². The fraction of sp³-hybridized carbons (Fsp3) is 0.833. The van der Waals surface area contributed by atoms with Gasteiger partial charge in [-0.2, -0.15) is 0 Å². The van der Waals surface area contributed by atoms with Crippen LogP contribution in [0.4, 0.5) is 0 Å². The van der Waals surface area contributed by atoms with E-state index in [2.05, 4.69) is 26.0 Å². The lowest BCUT2D eigenvalue weighted by molar-refractivity contribution is 1.45. The van der Waals surface area contributed by atoms with Gasteiger partial charge in [-0.1, -0.05) is 0 Å². The van der Waals surface area contributed by atoms with Crippen molar-refractivity contribution in [3.63, 3.8) is 0 Å². The Bertz CT molecular complexity index is 74.6. The number of hydrogen-bond donors (Lipinski definition) is 0. The van der Waals surface area contributed by atoms with Gasteiger partial charge in [-0.3, -0.25) is 0 Å². The van der Waals surface area contributed by atoms with Crippen LogP contribution in [0.5, 0.6) is 0 Å². The summed E-state index contributed by atoms with van der Waals surface area (Å²) in [5.41, 5.74) is 0. The maximum atomic E-state index is 4.02. The van der Waals surface area contributed by atoms with Crippen molar-refractivity contribution in [1.82, 2.24) is 0 Å². The van der Waals surface area contributed by atoms with Crippen molar-refractivity contribution in [3.8, 4) is 0 Å². The Labute approximate surface area is 57.3 Å². The maximum absolute atomic E-state index is 4.02. The largest absolute Gasteiger partial charge is 0.116 e. The van der Waals surface area contributed by atoms with Crippen LogP contribution >= 0.6 is 9.52 Å². The molecule has 0 spiro atoms. The van der Waals surface area contributed by atoms with Crippen LogP contribution < -0.4 is 0 Å². The lowest BCUT2D eigenvalue weighted by atomic mass is 11.0. The van der Waals surface area contributed by atoms with Gasteiger partial charge in [-0.05, 0) is 19.7 Å². The standard InChI is InChI=1S/C6H15S2/c1-5-8(6-2)7(3)4/h3,5-6H2,1-2,4H3/q+1. The van der Waals surface area contributed by atoms with Crippen LogP contribution in [0.3, 0.4) is 0 Å². The molecule has 8 heavy (non-hydrogen) atoms. The molecule has 0 nitrogen and oxygen atoms in total. The molecular formula is C6H15S2+. The molecule has 0 aliphatic carbocycles. The van der Waals surface area contributed by atoms with E-state index in [1.807, 2.05) is 0 Å². The monoisotopic (exact) mass is 151 g/mol. The van der Waals surface area contributed by atoms with Gasteiger partial charge in [0.05, 0.1) is 0 Å². The minimum Gasteiger partial charge on any atom is -0.0275 e. The number of hydrogen-bond acceptors (Lipinski definition) is 0. The Morgan fingerprint density at radius 3 is 1.75 bits per heavy atom. The predicted octanol–water partition coefficient (Wildman–Crippen LogP) is 1.89. The number of rotatable bonds is 3. The fourth-order valence-corrected chi connectivity index (χ4v) is 4.23. The van der Waals surface area contributed by atoms with Gasteiger partial charge in [0.15, 0.2) is 0 Å². The first-order chi connectivity index (χ1) is 3.72. The van der Waals surface area contributed by atoms with Crippen molar-refractivity contribution >= 4 is 25.3 Å². The Kier molecular flexibility index (Phi) is 4.77. The van der Waals surface area contributed by atoms with Gasteiger partial charge >= 0.3 is 0 Å². The molecule has 0 rings (SSSR count). The zero-order chi connectivity index (χ0) is 6.57. The highest BCUT2D eigenvalue weighted by Crippen LogP contribution is 2.18. The second-order valence-electron chi connectivity index (χ2n) is 1.59. The first kappa shape index (κ1) is 8.57. The molecule has 0 aromatic rings. The van der Waals surface area contributed by atoms with Crippen molar-refractivity contribution in [2.45, 2.75) is 13.8 Å². The Hall–Kier alpha value is 0.570. The second kappa shape index (κ2) is 4.45. The van der Waals surface area contributed by atoms with Crippen LogP contribution in [0.1, 0.15) is 13.8 Å². The summed E-state index contributed by atoms with van der Waals surface area (Å²) in [6, 6.07) is 0. The molecule has 50 valence electrons. The van der Waals surface area contributed by atoms with Gasteiger partial charge < -0.3 is 0 Å². The Morgan fingerprint density at radius 1 is 1.38 bits per heavy atom. The van der Waals surface area contributed by atoms with Crippen LogP contribution in [-0.2, 0) is 9.93 Å². The zero-order valence-electron chi connectivity index (χ0n) is 5.94. The molecule has 0 amide bonds. The van der Waals surface area contributed by atoms with E-state index >= 15 is 0 Å². The van der Waals surface area contributed by atoms with E-state index in [1.165, 1.54) is 11.5 Å². The summed E-state index contributed by atoms with van der Waals surface area (Å²) in [6.45, 7) is 4.50. The molecule has 0 saturated carbocycles. The molecule has 0 heterocycles. The average Bonchev–Trinajstić information content (AvgIpc) is 1.69. The molecule has 1 unspecified atom stereocenters. The van der Waals surface area contributed by atoms with Crippen molar-refractivity contribution in [2.24, 2.45) is 0 Å². The normalized spacial score (nSPS) is 14.5. The maximum Gasteiger partial charge on any atom is 0.116 e. The fourth-order valence-electron chi connectivity index (χ4n) is 0.606. The third-order valence-electron chi connectivity index (χ3n) is 1.05. The van der Waals surface area contributed by atoms with E-state index < -0.39 is 0 Å². The quantitative estimate of drug-likeness (QED) is 0.328. The van der Waals surface area contributed by atoms with Gasteiger partial charge in [-0.25, -0.2) is 0 Å². The van der Waals surface area contributed by atoms with Gasteiger partial charge in [0.25, 0.3) is 0 Å². The molecule has 0 aromatic carbocycles. The predicted molar refractivity (Wildman–Crippen MR) is 49.1 cm³/mol. The van der Waals surface area contributed by atoms with Gasteiger partial charge in [0.2, 0.25) is 0 Å². The van der Waals surface area contributed by atoms with E-state index in [9.17, 15) is 0 Å². The highest BCUT2D eigenvalue weighted by molar-refractivity contribution is 8.80. The summed E-state index contributed by atoms with van der Waals surface area (Å²) in [6.07, 6.45) is 2.23. The lowest BCUT2D eigenvalue weighted by Gasteiger charge is -1.99. The summed E-state index contributed by atoms with van der Waals surface area (Å²) in [7, 11) is 1.05. The molecule has 2 heteroatoms. The van der Waals surface area contributed by atoms with Crippen LogP contribution in [0.25, 0.3) is 0 Å². The second-order valence-corrected chi connectivity index (χ2v) is 7.89. The van der Waals surface area contributed by atoms with E-state index in [-0.39, 0.29) is 0 Å². The first-order valence-corrected chi connectivity index (χ1v) is 6.74. The van der Waals surface area contributed by atoms with E-state index in [4.69, 9.17) is 0 Å². The first-order valence-electron chi connectivity index (χ1n) is 2.86. The van der Waals surface area contributed by atoms with E-state index in [1.54, 1.807) is 0 Å². The van der Waals surface area contributed by atoms with Crippen LogP contribution in [0.15, 0.2) is 0 Å². The molecule has 0 saturated heterocycles. The van der Waals surface area contributed by atoms with Crippen molar-refractivity contribution in [2.75, 3.05) is 17.8 Å². The minimum atomic E-state index is 0.424. The van der Waals surface area contributed by atoms with Crippen molar-refractivity contribution in [3.05, 3.63) is 0 Å². The lowest BCUT2D eigenvalue weighted by Crippen LogP contribution is -2.02. The molecule has 0 aliphatic heterocycles. The summed E-state index contributed by atoms with van der Waals surface area (Å²) < 4.78 is 0. The highest BCUT2D eigenvalue weighted by atomic mass is 33.2. The summed E-state index contributed by atoms with van der Waals surface area (Å²) in [5, 5.41) is 0. The summed E-state index contributed by atoms with van der Waals surface area (Å²) >= 11 is 0. The van der Waals surface area contributed by atoms with E-state index in [0.29, 0.717) is 19.4 Å². The van der Waals surface area contributed by atoms with Crippen molar-refractivity contribution < 1.29 is 0 Å². The van der Waals surface area contributed by atoms with Crippen LogP contribution in [0, 0.1) is 0 Å². The van der Waals surface area contributed by atoms with E-state index in [0.717, 1.165) is 0 Å². The van der Waals surface area contributed by atoms with Gasteiger partial charge in [0.1, 0.15) is 11.5 Å². The molecule has 0 fully saturated rings. The third kappa shape index (κ3) is 2.78. The average molecular weight is 151 g/mol. The highest BCUT2D eigenvalue weighted by Gasteiger charge is 2.10. The molecule has 1 atom stereocenters. The molecule has 0 aliphatic rings. The van der Waals surface area contributed by atoms with Gasteiger partial charge in [-0.15, -0.1) is 0 Å². The molecular weight excluding hydrogens is 136 g/mol. The minimum absolute atomic E-state index is 0.424. The summed E-state index contributed by atoms with van der Waals surface area (Å²) in [4.78, 5) is 0.